The van der Waals surface area contributed by atoms with Gasteiger partial charge < -0.3 is 15.0 Å². The van der Waals surface area contributed by atoms with Gasteiger partial charge in [-0.15, -0.1) is 12.4 Å². The van der Waals surface area contributed by atoms with E-state index in [0.29, 0.717) is 0 Å². The van der Waals surface area contributed by atoms with Gasteiger partial charge >= 0.3 is 0 Å². The minimum atomic E-state index is 0. The Morgan fingerprint density at radius 3 is 2.44 bits per heavy atom. The molecule has 0 spiro atoms. The molecule has 1 heterocycles. The summed E-state index contributed by atoms with van der Waals surface area (Å²) in [6.45, 7) is 10.1. The Morgan fingerprint density at radius 2 is 1.94 bits per heavy atom. The van der Waals surface area contributed by atoms with Crippen molar-refractivity contribution in [3.63, 3.8) is 0 Å². The summed E-state index contributed by atoms with van der Waals surface area (Å²) < 4.78 is 5.09. The van der Waals surface area contributed by atoms with Crippen LogP contribution < -0.4 is 5.32 Å². The highest BCUT2D eigenvalue weighted by Gasteiger charge is 2.18. The van der Waals surface area contributed by atoms with Crippen molar-refractivity contribution in [2.75, 3.05) is 39.9 Å². The van der Waals surface area contributed by atoms with Gasteiger partial charge in [0.05, 0.1) is 6.61 Å². The van der Waals surface area contributed by atoms with Crippen LogP contribution in [0.4, 0.5) is 0 Å². The Labute approximate surface area is 106 Å². The number of halogens is 1. The third-order valence-corrected chi connectivity index (χ3v) is 3.01. The van der Waals surface area contributed by atoms with E-state index in [-0.39, 0.29) is 12.4 Å². The molecule has 0 aliphatic carbocycles. The smallest absolute Gasteiger partial charge is 0.0589 e. The molecular formula is C12H27ClN2O. The molecule has 98 valence electrons. The molecule has 0 aromatic rings. The first-order valence-corrected chi connectivity index (χ1v) is 6.17. The fourth-order valence-corrected chi connectivity index (χ4v) is 1.98. The van der Waals surface area contributed by atoms with Crippen molar-refractivity contribution in [3.05, 3.63) is 0 Å². The second-order valence-corrected chi connectivity index (χ2v) is 4.91. The zero-order valence-electron chi connectivity index (χ0n) is 10.9. The zero-order chi connectivity index (χ0) is 11.1. The number of hydrogen-bond acceptors (Lipinski definition) is 3. The van der Waals surface area contributed by atoms with Gasteiger partial charge in [-0.05, 0) is 38.4 Å². The largest absolute Gasteiger partial charge is 0.383 e. The molecule has 0 atom stereocenters. The highest BCUT2D eigenvalue weighted by Crippen LogP contribution is 2.10. The molecule has 3 nitrogen and oxygen atoms in total. The predicted octanol–water partition coefficient (Wildman–Crippen LogP) is 1.76. The van der Waals surface area contributed by atoms with Crippen molar-refractivity contribution in [2.45, 2.75) is 32.7 Å². The van der Waals surface area contributed by atoms with Gasteiger partial charge in [0.2, 0.25) is 0 Å². The maximum Gasteiger partial charge on any atom is 0.0589 e. The maximum atomic E-state index is 5.09. The Bertz CT molecular complexity index is 159. The van der Waals surface area contributed by atoms with Gasteiger partial charge in [0.15, 0.2) is 0 Å². The fraction of sp³-hybridized carbons (Fsp3) is 1.00. The number of hydrogen-bond donors (Lipinski definition) is 1. The lowest BCUT2D eigenvalue weighted by Crippen LogP contribution is -2.44. The standard InChI is InChI=1S/C12H26N2O.ClH/c1-11(2)10-13-12-4-6-14(7-5-12)8-9-15-3;/h11-13H,4-10H2,1-3H3;1H. The molecule has 0 aromatic carbocycles. The van der Waals surface area contributed by atoms with E-state index in [1.54, 1.807) is 7.11 Å². The van der Waals surface area contributed by atoms with Gasteiger partial charge in [0.25, 0.3) is 0 Å². The Morgan fingerprint density at radius 1 is 1.31 bits per heavy atom. The van der Waals surface area contributed by atoms with E-state index in [9.17, 15) is 0 Å². The molecule has 1 saturated heterocycles. The summed E-state index contributed by atoms with van der Waals surface area (Å²) in [5, 5.41) is 3.64. The van der Waals surface area contributed by atoms with Crippen molar-refractivity contribution in [1.82, 2.24) is 10.2 Å². The Kier molecular flexibility index (Phi) is 9.32. The summed E-state index contributed by atoms with van der Waals surface area (Å²) in [5.41, 5.74) is 0. The highest BCUT2D eigenvalue weighted by atomic mass is 35.5. The average Bonchev–Trinajstić information content (AvgIpc) is 2.25. The molecule has 0 saturated carbocycles. The van der Waals surface area contributed by atoms with Crippen molar-refractivity contribution in [2.24, 2.45) is 5.92 Å². The van der Waals surface area contributed by atoms with Gasteiger partial charge in [-0.25, -0.2) is 0 Å². The molecule has 0 unspecified atom stereocenters. The lowest BCUT2D eigenvalue weighted by Gasteiger charge is -2.32. The van der Waals surface area contributed by atoms with Crippen LogP contribution in [0.5, 0.6) is 0 Å². The van der Waals surface area contributed by atoms with Crippen LogP contribution in [0.1, 0.15) is 26.7 Å². The van der Waals surface area contributed by atoms with E-state index in [2.05, 4.69) is 24.1 Å². The first-order chi connectivity index (χ1) is 7.22. The van der Waals surface area contributed by atoms with Crippen LogP contribution >= 0.6 is 12.4 Å². The summed E-state index contributed by atoms with van der Waals surface area (Å²) >= 11 is 0. The monoisotopic (exact) mass is 250 g/mol. The lowest BCUT2D eigenvalue weighted by molar-refractivity contribution is 0.125. The van der Waals surface area contributed by atoms with E-state index >= 15 is 0 Å². The minimum Gasteiger partial charge on any atom is -0.383 e. The first-order valence-electron chi connectivity index (χ1n) is 6.17. The van der Waals surface area contributed by atoms with Gasteiger partial charge in [0.1, 0.15) is 0 Å². The van der Waals surface area contributed by atoms with Gasteiger partial charge in [-0.1, -0.05) is 13.8 Å². The van der Waals surface area contributed by atoms with Crippen molar-refractivity contribution < 1.29 is 4.74 Å². The molecule has 1 fully saturated rings. The Balaban J connectivity index is 0.00000225. The van der Waals surface area contributed by atoms with Crippen LogP contribution in [0.15, 0.2) is 0 Å². The number of nitrogens with zero attached hydrogens (tertiary/aromatic N) is 1. The molecule has 0 aromatic heterocycles. The summed E-state index contributed by atoms with van der Waals surface area (Å²) in [4.78, 5) is 2.50. The normalized spacial score (nSPS) is 18.8. The van der Waals surface area contributed by atoms with Crippen molar-refractivity contribution >= 4 is 12.4 Å². The number of rotatable bonds is 6. The maximum absolute atomic E-state index is 5.09. The molecule has 4 heteroatoms. The minimum absolute atomic E-state index is 0. The topological polar surface area (TPSA) is 24.5 Å². The summed E-state index contributed by atoms with van der Waals surface area (Å²) in [7, 11) is 1.77. The summed E-state index contributed by atoms with van der Waals surface area (Å²) in [6, 6.07) is 0.742. The predicted molar refractivity (Wildman–Crippen MR) is 71.4 cm³/mol. The van der Waals surface area contributed by atoms with E-state index in [1.807, 2.05) is 0 Å². The fourth-order valence-electron chi connectivity index (χ4n) is 1.98. The summed E-state index contributed by atoms with van der Waals surface area (Å²) in [6.07, 6.45) is 2.58. The van der Waals surface area contributed by atoms with Crippen LogP contribution in [-0.2, 0) is 4.74 Å². The molecule has 1 rings (SSSR count). The molecule has 1 aliphatic heterocycles. The third kappa shape index (κ3) is 6.69. The highest BCUT2D eigenvalue weighted by molar-refractivity contribution is 5.85. The van der Waals surface area contributed by atoms with Gasteiger partial charge in [-0.2, -0.15) is 0 Å². The number of piperidine rings is 1. The van der Waals surface area contributed by atoms with Crippen LogP contribution in [0.3, 0.4) is 0 Å². The van der Waals surface area contributed by atoms with Gasteiger partial charge in [-0.3, -0.25) is 0 Å². The molecule has 0 radical (unpaired) electrons. The van der Waals surface area contributed by atoms with Crippen LogP contribution in [-0.4, -0.2) is 50.8 Å². The molecule has 0 amide bonds. The van der Waals surface area contributed by atoms with E-state index in [4.69, 9.17) is 4.74 Å². The van der Waals surface area contributed by atoms with Crippen LogP contribution in [0.2, 0.25) is 0 Å². The quantitative estimate of drug-likeness (QED) is 0.778. The summed E-state index contributed by atoms with van der Waals surface area (Å²) in [5.74, 6) is 0.761. The molecular weight excluding hydrogens is 224 g/mol. The SMILES string of the molecule is COCCN1CCC(NCC(C)C)CC1.Cl. The second-order valence-electron chi connectivity index (χ2n) is 4.91. The number of ether oxygens (including phenoxy) is 1. The van der Waals surface area contributed by atoms with E-state index in [1.165, 1.54) is 25.9 Å². The molecule has 1 N–H and O–H groups in total. The molecule has 1 aliphatic rings. The van der Waals surface area contributed by atoms with Gasteiger partial charge in [0, 0.05) is 19.7 Å². The van der Waals surface area contributed by atoms with Crippen LogP contribution in [0.25, 0.3) is 0 Å². The molecule has 16 heavy (non-hydrogen) atoms. The molecule has 0 bridgehead atoms. The number of nitrogens with one attached hydrogen (secondary N) is 1. The lowest BCUT2D eigenvalue weighted by atomic mass is 10.0. The Hall–Kier alpha value is 0.170. The van der Waals surface area contributed by atoms with Crippen molar-refractivity contribution in [3.8, 4) is 0 Å². The van der Waals surface area contributed by atoms with E-state index in [0.717, 1.165) is 31.7 Å². The average molecular weight is 251 g/mol. The number of likely N-dealkylation sites (tertiary alicyclic amines) is 1. The van der Waals surface area contributed by atoms with E-state index < -0.39 is 0 Å². The second kappa shape index (κ2) is 9.23. The zero-order valence-corrected chi connectivity index (χ0v) is 11.7. The third-order valence-electron chi connectivity index (χ3n) is 3.01. The number of methoxy groups -OCH3 is 1. The van der Waals surface area contributed by atoms with Crippen LogP contribution in [0, 0.1) is 5.92 Å². The van der Waals surface area contributed by atoms with Crippen molar-refractivity contribution in [1.29, 1.82) is 0 Å². The first kappa shape index (κ1) is 16.2.